The monoisotopic (exact) mass is 460 g/mol. The number of morpholine rings is 1. The lowest BCUT2D eigenvalue weighted by molar-refractivity contribution is 0.0341. The number of nitrogens with one attached hydrogen (secondary N) is 2. The fraction of sp³-hybridized carbons (Fsp3) is 0.346. The Balaban J connectivity index is 1.21. The molecule has 176 valence electrons. The summed E-state index contributed by atoms with van der Waals surface area (Å²) in [5.74, 6) is 0.827. The molecule has 0 aliphatic carbocycles. The second-order valence-corrected chi connectivity index (χ2v) is 8.75. The Kier molecular flexibility index (Phi) is 6.78. The number of pyridine rings is 1. The Morgan fingerprint density at radius 3 is 2.82 bits per heavy atom. The normalized spacial score (nSPS) is 19.2. The van der Waals surface area contributed by atoms with Crippen LogP contribution in [-0.4, -0.2) is 63.4 Å². The van der Waals surface area contributed by atoms with Crippen molar-refractivity contribution < 1.29 is 9.13 Å². The summed E-state index contributed by atoms with van der Waals surface area (Å²) in [5.41, 5.74) is 3.76. The zero-order valence-electron chi connectivity index (χ0n) is 19.1. The molecule has 2 N–H and O–H groups in total. The molecular formula is C26H29FN6O. The van der Waals surface area contributed by atoms with Gasteiger partial charge in [0.15, 0.2) is 0 Å². The fourth-order valence-corrected chi connectivity index (χ4v) is 4.62. The van der Waals surface area contributed by atoms with Crippen LogP contribution in [0.3, 0.4) is 0 Å². The van der Waals surface area contributed by atoms with Gasteiger partial charge in [0.05, 0.1) is 36.8 Å². The van der Waals surface area contributed by atoms with Crippen molar-refractivity contribution in [1.29, 1.82) is 5.41 Å². The predicted octanol–water partition coefficient (Wildman–Crippen LogP) is 4.27. The Morgan fingerprint density at radius 1 is 1.15 bits per heavy atom. The van der Waals surface area contributed by atoms with E-state index in [9.17, 15) is 4.39 Å². The molecular weight excluding hydrogens is 431 g/mol. The number of halogens is 1. The molecule has 2 fully saturated rings. The smallest absolute Gasteiger partial charge is 0.130 e. The highest BCUT2D eigenvalue weighted by Crippen LogP contribution is 2.32. The molecule has 2 aliphatic heterocycles. The van der Waals surface area contributed by atoms with Gasteiger partial charge in [-0.15, -0.1) is 0 Å². The van der Waals surface area contributed by atoms with Crippen molar-refractivity contribution in [2.24, 2.45) is 0 Å². The van der Waals surface area contributed by atoms with Crippen LogP contribution >= 0.6 is 0 Å². The average molecular weight is 461 g/mol. The summed E-state index contributed by atoms with van der Waals surface area (Å²) in [6.45, 7) is 5.14. The van der Waals surface area contributed by atoms with Crippen LogP contribution in [0, 0.1) is 11.2 Å². The summed E-state index contributed by atoms with van der Waals surface area (Å²) >= 11 is 0. The van der Waals surface area contributed by atoms with E-state index in [1.807, 2.05) is 23.2 Å². The molecule has 8 heteroatoms. The summed E-state index contributed by atoms with van der Waals surface area (Å²) < 4.78 is 19.1. The predicted molar refractivity (Wildman–Crippen MR) is 130 cm³/mol. The first kappa shape index (κ1) is 22.4. The van der Waals surface area contributed by atoms with Gasteiger partial charge in [-0.25, -0.2) is 9.37 Å². The van der Waals surface area contributed by atoms with Crippen LogP contribution < -0.4 is 0 Å². The molecule has 34 heavy (non-hydrogen) atoms. The zero-order chi connectivity index (χ0) is 23.3. The third-order valence-electron chi connectivity index (χ3n) is 6.40. The van der Waals surface area contributed by atoms with E-state index in [4.69, 9.17) is 10.1 Å². The summed E-state index contributed by atoms with van der Waals surface area (Å²) in [4.78, 5) is 16.7. The van der Waals surface area contributed by atoms with E-state index in [2.05, 4.69) is 25.9 Å². The van der Waals surface area contributed by atoms with Crippen LogP contribution in [0.2, 0.25) is 0 Å². The number of ether oxygens (including phenoxy) is 1. The van der Waals surface area contributed by atoms with Gasteiger partial charge in [0.25, 0.3) is 0 Å². The number of aromatic amines is 1. The minimum absolute atomic E-state index is 0.0280. The van der Waals surface area contributed by atoms with Gasteiger partial charge in [-0.3, -0.25) is 15.3 Å². The molecule has 3 aromatic rings. The fourth-order valence-electron chi connectivity index (χ4n) is 4.62. The van der Waals surface area contributed by atoms with Gasteiger partial charge in [-0.2, -0.15) is 0 Å². The highest BCUT2D eigenvalue weighted by atomic mass is 19.1. The molecule has 7 nitrogen and oxygen atoms in total. The number of likely N-dealkylation sites (tertiary alicyclic amines) is 1. The van der Waals surface area contributed by atoms with Gasteiger partial charge in [0.2, 0.25) is 0 Å². The molecule has 2 aliphatic rings. The van der Waals surface area contributed by atoms with Gasteiger partial charge in [0, 0.05) is 32.4 Å². The third-order valence-corrected chi connectivity index (χ3v) is 6.40. The van der Waals surface area contributed by atoms with E-state index in [1.165, 1.54) is 11.6 Å². The first-order valence-corrected chi connectivity index (χ1v) is 11.7. The first-order valence-electron chi connectivity index (χ1n) is 11.7. The van der Waals surface area contributed by atoms with Crippen molar-refractivity contribution >= 4 is 11.9 Å². The van der Waals surface area contributed by atoms with Gasteiger partial charge >= 0.3 is 0 Å². The van der Waals surface area contributed by atoms with Crippen LogP contribution in [0.15, 0.2) is 54.9 Å². The quantitative estimate of drug-likeness (QED) is 0.424. The number of hydrogen-bond donors (Lipinski definition) is 2. The molecule has 1 unspecified atom stereocenters. The topological polar surface area (TPSA) is 81.1 Å². The molecule has 1 atom stereocenters. The average Bonchev–Trinajstić information content (AvgIpc) is 3.54. The number of imidazole rings is 1. The number of nitrogens with zero attached hydrogens (tertiary/aromatic N) is 4. The maximum atomic E-state index is 13.7. The standard InChI is InChI=1S/C26H29FN6O/c27-21-4-1-3-20(15-21)24-5-2-10-33(24)25(28)8-9-26-30-17-23(31-26)22-7-6-19(16-29-22)18-32-11-13-34-14-12-32/h1,3-4,6-9,15-17,24,28H,2,5,10-14,18H2,(H,30,31)/b9-8-,28-25?. The Labute approximate surface area is 198 Å². The summed E-state index contributed by atoms with van der Waals surface area (Å²) in [5, 5.41) is 8.55. The first-order chi connectivity index (χ1) is 16.7. The van der Waals surface area contributed by atoms with E-state index < -0.39 is 0 Å². The third kappa shape index (κ3) is 5.24. The molecule has 5 rings (SSSR count). The molecule has 4 heterocycles. The molecule has 0 saturated carbocycles. The lowest BCUT2D eigenvalue weighted by Crippen LogP contribution is -2.35. The maximum absolute atomic E-state index is 13.7. The summed E-state index contributed by atoms with van der Waals surface area (Å²) in [7, 11) is 0. The number of hydrogen-bond acceptors (Lipinski definition) is 5. The summed E-state index contributed by atoms with van der Waals surface area (Å²) in [6, 6.07) is 10.8. The largest absolute Gasteiger partial charge is 0.379 e. The molecule has 0 spiro atoms. The van der Waals surface area contributed by atoms with Gasteiger partial charge in [-0.1, -0.05) is 18.2 Å². The highest BCUT2D eigenvalue weighted by Gasteiger charge is 2.27. The van der Waals surface area contributed by atoms with E-state index >= 15 is 0 Å². The molecule has 2 saturated heterocycles. The Hall–Kier alpha value is -3.36. The van der Waals surface area contributed by atoms with Crippen molar-refractivity contribution in [3.05, 3.63) is 77.6 Å². The van der Waals surface area contributed by atoms with Crippen molar-refractivity contribution in [3.8, 4) is 11.4 Å². The number of rotatable bonds is 6. The number of amidine groups is 1. The van der Waals surface area contributed by atoms with Crippen LogP contribution in [0.5, 0.6) is 0 Å². The van der Waals surface area contributed by atoms with E-state index in [0.717, 1.165) is 69.2 Å². The second-order valence-electron chi connectivity index (χ2n) is 8.75. The van der Waals surface area contributed by atoms with Gasteiger partial charge in [0.1, 0.15) is 17.5 Å². The van der Waals surface area contributed by atoms with Crippen LogP contribution in [0.4, 0.5) is 4.39 Å². The molecule has 0 amide bonds. The Morgan fingerprint density at radius 2 is 2.03 bits per heavy atom. The van der Waals surface area contributed by atoms with E-state index in [-0.39, 0.29) is 11.9 Å². The number of benzene rings is 1. The van der Waals surface area contributed by atoms with Crippen LogP contribution in [-0.2, 0) is 11.3 Å². The number of aromatic nitrogens is 3. The minimum atomic E-state index is -0.239. The Bertz CT molecular complexity index is 1150. The molecule has 0 bridgehead atoms. The van der Waals surface area contributed by atoms with E-state index in [1.54, 1.807) is 30.5 Å². The second kappa shape index (κ2) is 10.3. The summed E-state index contributed by atoms with van der Waals surface area (Å²) in [6.07, 6.45) is 9.13. The lowest BCUT2D eigenvalue weighted by atomic mass is 10.0. The highest BCUT2D eigenvalue weighted by molar-refractivity contribution is 5.94. The van der Waals surface area contributed by atoms with Gasteiger partial charge in [-0.05, 0) is 54.3 Å². The minimum Gasteiger partial charge on any atom is -0.379 e. The van der Waals surface area contributed by atoms with Crippen LogP contribution in [0.25, 0.3) is 17.5 Å². The maximum Gasteiger partial charge on any atom is 0.130 e. The zero-order valence-corrected chi connectivity index (χ0v) is 19.1. The number of H-pyrrole nitrogens is 1. The van der Waals surface area contributed by atoms with Crippen molar-refractivity contribution in [2.45, 2.75) is 25.4 Å². The molecule has 2 aromatic heterocycles. The van der Waals surface area contributed by atoms with Crippen molar-refractivity contribution in [2.75, 3.05) is 32.8 Å². The van der Waals surface area contributed by atoms with Crippen molar-refractivity contribution in [1.82, 2.24) is 24.8 Å². The molecule has 0 radical (unpaired) electrons. The van der Waals surface area contributed by atoms with Crippen LogP contribution in [0.1, 0.15) is 35.8 Å². The van der Waals surface area contributed by atoms with Gasteiger partial charge < -0.3 is 14.6 Å². The SMILES string of the molecule is N=C(/C=C\c1ncc(-c2ccc(CN3CCOCC3)cn2)[nH]1)N1CCCC1c1cccc(F)c1. The van der Waals surface area contributed by atoms with E-state index in [0.29, 0.717) is 11.7 Å². The lowest BCUT2D eigenvalue weighted by Gasteiger charge is -2.26. The van der Waals surface area contributed by atoms with Crippen molar-refractivity contribution in [3.63, 3.8) is 0 Å². The molecule has 1 aromatic carbocycles.